The Morgan fingerprint density at radius 1 is 1.23 bits per heavy atom. The lowest BCUT2D eigenvalue weighted by Gasteiger charge is -2.16. The van der Waals surface area contributed by atoms with E-state index in [0.717, 1.165) is 18.5 Å². The third-order valence-corrected chi connectivity index (χ3v) is 4.85. The molecule has 7 heteroatoms. The summed E-state index contributed by atoms with van der Waals surface area (Å²) in [6, 6.07) is 9.48. The van der Waals surface area contributed by atoms with Gasteiger partial charge in [-0.25, -0.2) is 4.98 Å². The topological polar surface area (TPSA) is 95.2 Å². The Morgan fingerprint density at radius 2 is 2.00 bits per heavy atom. The number of nitrogens with zero attached hydrogens (tertiary/aromatic N) is 2. The summed E-state index contributed by atoms with van der Waals surface area (Å²) in [5.74, 6) is 0.597. The molecule has 1 aromatic heterocycles. The lowest BCUT2D eigenvalue weighted by molar-refractivity contribution is -0.117. The number of para-hydroxylation sites is 1. The van der Waals surface area contributed by atoms with Gasteiger partial charge in [0.05, 0.1) is 0 Å². The molecule has 2 aliphatic rings. The molecular weight excluding hydrogens is 332 g/mol. The molecule has 0 radical (unpaired) electrons. The summed E-state index contributed by atoms with van der Waals surface area (Å²) < 4.78 is 0. The fraction of sp³-hybridized carbons (Fsp3) is 0.368. The number of carbonyl (C=O) groups excluding carboxylic acids is 2. The molecule has 1 unspecified atom stereocenters. The average Bonchev–Trinajstić information content (AvgIpc) is 3.43. The van der Waals surface area contributed by atoms with Crippen LogP contribution in [-0.2, 0) is 4.79 Å². The van der Waals surface area contributed by atoms with E-state index in [2.05, 4.69) is 15.3 Å². The Kier molecular flexibility index (Phi) is 4.28. The number of hydrogen-bond donors (Lipinski definition) is 2. The molecule has 2 fully saturated rings. The number of rotatable bonds is 5. The molecule has 4 rings (SSSR count). The minimum Gasteiger partial charge on any atom is -0.351 e. The van der Waals surface area contributed by atoms with Gasteiger partial charge in [-0.2, -0.15) is 0 Å². The predicted molar refractivity (Wildman–Crippen MR) is 96.1 cm³/mol. The summed E-state index contributed by atoms with van der Waals surface area (Å²) in [4.78, 5) is 45.2. The van der Waals surface area contributed by atoms with E-state index in [4.69, 9.17) is 0 Å². The van der Waals surface area contributed by atoms with Crippen molar-refractivity contribution in [2.75, 3.05) is 18.0 Å². The molecule has 1 atom stereocenters. The van der Waals surface area contributed by atoms with E-state index >= 15 is 0 Å². The van der Waals surface area contributed by atoms with E-state index in [1.807, 2.05) is 30.3 Å². The fourth-order valence-electron chi connectivity index (χ4n) is 3.24. The van der Waals surface area contributed by atoms with Crippen LogP contribution in [0.1, 0.15) is 41.4 Å². The molecule has 1 saturated carbocycles. The van der Waals surface area contributed by atoms with Gasteiger partial charge in [-0.15, -0.1) is 0 Å². The zero-order chi connectivity index (χ0) is 18.1. The van der Waals surface area contributed by atoms with Crippen LogP contribution < -0.4 is 15.8 Å². The molecular formula is C19H20N4O3. The number of H-pyrrole nitrogens is 1. The van der Waals surface area contributed by atoms with E-state index in [1.165, 1.54) is 6.20 Å². The summed E-state index contributed by atoms with van der Waals surface area (Å²) in [6.07, 6.45) is 3.78. The summed E-state index contributed by atoms with van der Waals surface area (Å²) in [7, 11) is 0. The summed E-state index contributed by atoms with van der Waals surface area (Å²) in [6.45, 7) is 0.899. The highest BCUT2D eigenvalue weighted by Crippen LogP contribution is 2.37. The lowest BCUT2D eigenvalue weighted by Crippen LogP contribution is -2.34. The molecule has 0 bridgehead atoms. The van der Waals surface area contributed by atoms with E-state index < -0.39 is 11.5 Å². The van der Waals surface area contributed by atoms with Crippen molar-refractivity contribution < 1.29 is 9.59 Å². The molecule has 2 heterocycles. The van der Waals surface area contributed by atoms with Gasteiger partial charge in [-0.05, 0) is 25.0 Å². The molecule has 0 spiro atoms. The fourth-order valence-corrected chi connectivity index (χ4v) is 3.24. The largest absolute Gasteiger partial charge is 0.351 e. The normalized spacial score (nSPS) is 19.6. The highest BCUT2D eigenvalue weighted by molar-refractivity contribution is 5.96. The van der Waals surface area contributed by atoms with Crippen LogP contribution in [0, 0.1) is 5.92 Å². The first-order valence-corrected chi connectivity index (χ1v) is 8.84. The number of benzene rings is 1. The Balaban J connectivity index is 1.36. The van der Waals surface area contributed by atoms with Gasteiger partial charge in [-0.3, -0.25) is 14.4 Å². The molecule has 2 N–H and O–H groups in total. The minimum absolute atomic E-state index is 0.0126. The van der Waals surface area contributed by atoms with E-state index in [1.54, 1.807) is 4.90 Å². The van der Waals surface area contributed by atoms with Gasteiger partial charge in [0, 0.05) is 43.2 Å². The number of anilines is 1. The van der Waals surface area contributed by atoms with E-state index in [9.17, 15) is 14.4 Å². The average molecular weight is 352 g/mol. The van der Waals surface area contributed by atoms with Crippen LogP contribution in [0.15, 0.2) is 41.3 Å². The van der Waals surface area contributed by atoms with Crippen LogP contribution in [0.4, 0.5) is 5.69 Å². The second kappa shape index (κ2) is 6.74. The quantitative estimate of drug-likeness (QED) is 0.851. The standard InChI is InChI=1S/C19H20N4O3/c24-16-8-12(11-23(16)14-4-2-1-3-5-14)9-21-18(25)15-10-20-17(13-6-7-13)22-19(15)26/h1-5,10,12-13H,6-9,11H2,(H,21,25)(H,20,22,26). The molecule has 1 aliphatic heterocycles. The first kappa shape index (κ1) is 16.5. The molecule has 2 aromatic rings. The zero-order valence-electron chi connectivity index (χ0n) is 14.3. The first-order valence-electron chi connectivity index (χ1n) is 8.84. The summed E-state index contributed by atoms with van der Waals surface area (Å²) in [5.41, 5.74) is 0.467. The number of nitrogens with one attached hydrogen (secondary N) is 2. The SMILES string of the molecule is O=C(NCC1CC(=O)N(c2ccccc2)C1)c1cnc(C2CC2)[nH]c1=O. The predicted octanol–water partition coefficient (Wildman–Crippen LogP) is 1.43. The van der Waals surface area contributed by atoms with E-state index in [0.29, 0.717) is 31.3 Å². The van der Waals surface area contributed by atoms with Crippen LogP contribution >= 0.6 is 0 Å². The van der Waals surface area contributed by atoms with Crippen molar-refractivity contribution in [3.63, 3.8) is 0 Å². The maximum Gasteiger partial charge on any atom is 0.263 e. The molecule has 1 saturated heterocycles. The van der Waals surface area contributed by atoms with Gasteiger partial charge in [0.2, 0.25) is 5.91 Å². The zero-order valence-corrected chi connectivity index (χ0v) is 14.3. The molecule has 1 aliphatic carbocycles. The van der Waals surface area contributed by atoms with Crippen molar-refractivity contribution in [2.45, 2.75) is 25.2 Å². The van der Waals surface area contributed by atoms with E-state index in [-0.39, 0.29) is 17.4 Å². The number of carbonyl (C=O) groups is 2. The van der Waals surface area contributed by atoms with Crippen molar-refractivity contribution in [1.29, 1.82) is 0 Å². The minimum atomic E-state index is -0.452. The number of hydrogen-bond acceptors (Lipinski definition) is 4. The summed E-state index contributed by atoms with van der Waals surface area (Å²) >= 11 is 0. The van der Waals surface area contributed by atoms with Gasteiger partial charge in [-0.1, -0.05) is 18.2 Å². The number of aromatic nitrogens is 2. The number of aromatic amines is 1. The van der Waals surface area contributed by atoms with Crippen molar-refractivity contribution in [1.82, 2.24) is 15.3 Å². The third kappa shape index (κ3) is 3.37. The van der Waals surface area contributed by atoms with Crippen LogP contribution in [0.25, 0.3) is 0 Å². The third-order valence-electron chi connectivity index (χ3n) is 4.85. The van der Waals surface area contributed by atoms with Crippen molar-refractivity contribution in [2.24, 2.45) is 5.92 Å². The first-order chi connectivity index (χ1) is 12.6. The Hall–Kier alpha value is -2.96. The van der Waals surface area contributed by atoms with Crippen molar-refractivity contribution >= 4 is 17.5 Å². The van der Waals surface area contributed by atoms with Crippen LogP contribution in [0.2, 0.25) is 0 Å². The Bertz CT molecular complexity index is 889. The van der Waals surface area contributed by atoms with Gasteiger partial charge in [0.15, 0.2) is 0 Å². The Morgan fingerprint density at radius 3 is 2.69 bits per heavy atom. The van der Waals surface area contributed by atoms with Gasteiger partial charge in [0.1, 0.15) is 11.4 Å². The number of amides is 2. The van der Waals surface area contributed by atoms with Gasteiger partial charge >= 0.3 is 0 Å². The second-order valence-electron chi connectivity index (χ2n) is 6.91. The highest BCUT2D eigenvalue weighted by atomic mass is 16.2. The van der Waals surface area contributed by atoms with Crippen LogP contribution in [-0.4, -0.2) is 34.9 Å². The van der Waals surface area contributed by atoms with Crippen molar-refractivity contribution in [3.8, 4) is 0 Å². The second-order valence-corrected chi connectivity index (χ2v) is 6.91. The van der Waals surface area contributed by atoms with Gasteiger partial charge in [0.25, 0.3) is 11.5 Å². The van der Waals surface area contributed by atoms with Crippen molar-refractivity contribution in [3.05, 3.63) is 58.3 Å². The molecule has 26 heavy (non-hydrogen) atoms. The lowest BCUT2D eigenvalue weighted by atomic mass is 10.1. The van der Waals surface area contributed by atoms with Crippen LogP contribution in [0.5, 0.6) is 0 Å². The molecule has 7 nitrogen and oxygen atoms in total. The van der Waals surface area contributed by atoms with Crippen LogP contribution in [0.3, 0.4) is 0 Å². The summed E-state index contributed by atoms with van der Waals surface area (Å²) in [5, 5.41) is 2.76. The molecule has 2 amide bonds. The maximum absolute atomic E-state index is 12.3. The monoisotopic (exact) mass is 352 g/mol. The smallest absolute Gasteiger partial charge is 0.263 e. The molecule has 1 aromatic carbocycles. The Labute approximate surface area is 150 Å². The van der Waals surface area contributed by atoms with Gasteiger partial charge < -0.3 is 15.2 Å². The highest BCUT2D eigenvalue weighted by Gasteiger charge is 2.31. The molecule has 134 valence electrons. The maximum atomic E-state index is 12.3.